The van der Waals surface area contributed by atoms with E-state index in [0.717, 1.165) is 10.9 Å². The fourth-order valence-corrected chi connectivity index (χ4v) is 3.51. The number of carbonyl (C=O) groups is 1. The molecule has 4 heteroatoms. The van der Waals surface area contributed by atoms with Gasteiger partial charge in [0.25, 0.3) is 5.91 Å². The molecule has 1 fully saturated rings. The predicted octanol–water partition coefficient (Wildman–Crippen LogP) is 4.23. The van der Waals surface area contributed by atoms with Crippen LogP contribution in [0.15, 0.2) is 60.0 Å². The van der Waals surface area contributed by atoms with E-state index in [9.17, 15) is 4.79 Å². The highest BCUT2D eigenvalue weighted by molar-refractivity contribution is 8.26. The second-order valence-electron chi connectivity index (χ2n) is 4.69. The number of nitrogens with zero attached hydrogens (tertiary/aromatic N) is 1. The van der Waals surface area contributed by atoms with E-state index in [4.69, 9.17) is 12.2 Å². The van der Waals surface area contributed by atoms with Crippen molar-refractivity contribution in [3.8, 4) is 0 Å². The molecule has 1 amide bonds. The van der Waals surface area contributed by atoms with Crippen molar-refractivity contribution in [3.63, 3.8) is 0 Å². The maximum absolute atomic E-state index is 12.3. The van der Waals surface area contributed by atoms with Crippen LogP contribution in [0.25, 0.3) is 16.8 Å². The van der Waals surface area contributed by atoms with E-state index in [1.165, 1.54) is 17.1 Å². The highest BCUT2D eigenvalue weighted by Gasteiger charge is 2.30. The van der Waals surface area contributed by atoms with Gasteiger partial charge in [0.05, 0.1) is 4.91 Å². The molecule has 0 bridgehead atoms. The molecule has 0 radical (unpaired) electrons. The first-order valence-corrected chi connectivity index (χ1v) is 7.76. The lowest BCUT2D eigenvalue weighted by atomic mass is 10.1. The third-order valence-corrected chi connectivity index (χ3v) is 4.63. The molecule has 0 spiro atoms. The first-order chi connectivity index (χ1) is 10.2. The molecule has 2 aromatic rings. The Morgan fingerprint density at radius 1 is 1.19 bits per heavy atom. The number of rotatable bonds is 3. The van der Waals surface area contributed by atoms with Gasteiger partial charge in [-0.2, -0.15) is 0 Å². The Hall–Kier alpha value is -1.91. The zero-order valence-corrected chi connectivity index (χ0v) is 12.9. The van der Waals surface area contributed by atoms with Crippen molar-refractivity contribution < 1.29 is 4.79 Å². The van der Waals surface area contributed by atoms with Crippen LogP contribution in [0, 0.1) is 0 Å². The average molecular weight is 311 g/mol. The van der Waals surface area contributed by atoms with Gasteiger partial charge in [0.2, 0.25) is 0 Å². The molecule has 0 saturated carbocycles. The Balaban J connectivity index is 1.95. The normalized spacial score (nSPS) is 17.0. The molecule has 2 nitrogen and oxygen atoms in total. The van der Waals surface area contributed by atoms with Crippen molar-refractivity contribution in [2.75, 3.05) is 6.54 Å². The third kappa shape index (κ3) is 2.77. The van der Waals surface area contributed by atoms with E-state index in [1.807, 2.05) is 24.3 Å². The van der Waals surface area contributed by atoms with Crippen molar-refractivity contribution in [1.82, 2.24) is 4.90 Å². The number of fused-ring (bicyclic) bond motifs is 1. The highest BCUT2D eigenvalue weighted by Crippen LogP contribution is 2.32. The van der Waals surface area contributed by atoms with Gasteiger partial charge in [-0.05, 0) is 28.5 Å². The number of hydrogen-bond donors (Lipinski definition) is 0. The monoisotopic (exact) mass is 311 g/mol. The molecule has 1 aliphatic heterocycles. The zero-order valence-electron chi connectivity index (χ0n) is 11.3. The fourth-order valence-electron chi connectivity index (χ4n) is 2.24. The lowest BCUT2D eigenvalue weighted by molar-refractivity contribution is -0.121. The van der Waals surface area contributed by atoms with Crippen molar-refractivity contribution in [2.24, 2.45) is 0 Å². The van der Waals surface area contributed by atoms with E-state index in [-0.39, 0.29) is 5.91 Å². The van der Waals surface area contributed by atoms with E-state index < -0.39 is 0 Å². The van der Waals surface area contributed by atoms with E-state index in [2.05, 4.69) is 30.8 Å². The average Bonchev–Trinajstić information content (AvgIpc) is 2.75. The van der Waals surface area contributed by atoms with Crippen LogP contribution in [-0.4, -0.2) is 21.7 Å². The van der Waals surface area contributed by atoms with E-state index in [1.54, 1.807) is 11.0 Å². The number of thioether (sulfide) groups is 1. The van der Waals surface area contributed by atoms with Crippen molar-refractivity contribution in [2.45, 2.75) is 0 Å². The second-order valence-corrected chi connectivity index (χ2v) is 6.36. The summed E-state index contributed by atoms with van der Waals surface area (Å²) >= 11 is 6.58. The van der Waals surface area contributed by atoms with Gasteiger partial charge in [-0.1, -0.05) is 66.5 Å². The fraction of sp³-hybridized carbons (Fsp3) is 0.0588. The van der Waals surface area contributed by atoms with Crippen LogP contribution in [-0.2, 0) is 4.79 Å². The van der Waals surface area contributed by atoms with Gasteiger partial charge in [0.1, 0.15) is 4.32 Å². The molecule has 0 atom stereocenters. The largest absolute Gasteiger partial charge is 0.289 e. The molecule has 1 heterocycles. The Morgan fingerprint density at radius 3 is 2.71 bits per heavy atom. The minimum Gasteiger partial charge on any atom is -0.289 e. The standard InChI is InChI=1S/C17H13NOS2/c1-2-9-18-16(19)15(21-17(18)20)11-12-7-8-13-5-3-4-6-14(13)10-12/h2-8,10-11H,1,9H2. The topological polar surface area (TPSA) is 20.3 Å². The molecule has 0 aromatic heterocycles. The van der Waals surface area contributed by atoms with Crippen molar-refractivity contribution in [1.29, 1.82) is 0 Å². The summed E-state index contributed by atoms with van der Waals surface area (Å²) in [6.45, 7) is 4.11. The molecule has 1 aliphatic rings. The maximum Gasteiger partial charge on any atom is 0.266 e. The molecule has 104 valence electrons. The summed E-state index contributed by atoms with van der Waals surface area (Å²) in [6.07, 6.45) is 3.58. The Morgan fingerprint density at radius 2 is 1.95 bits per heavy atom. The number of amides is 1. The molecule has 0 unspecified atom stereocenters. The summed E-state index contributed by atoms with van der Waals surface area (Å²) < 4.78 is 0.590. The predicted molar refractivity (Wildman–Crippen MR) is 94.0 cm³/mol. The van der Waals surface area contributed by atoms with Crippen LogP contribution >= 0.6 is 24.0 Å². The van der Waals surface area contributed by atoms with Crippen LogP contribution in [0.5, 0.6) is 0 Å². The van der Waals surface area contributed by atoms with Crippen molar-refractivity contribution >= 4 is 51.1 Å². The van der Waals surface area contributed by atoms with Gasteiger partial charge in [0, 0.05) is 6.54 Å². The van der Waals surface area contributed by atoms with Gasteiger partial charge in [-0.3, -0.25) is 9.69 Å². The molecule has 21 heavy (non-hydrogen) atoms. The van der Waals surface area contributed by atoms with Gasteiger partial charge < -0.3 is 0 Å². The summed E-state index contributed by atoms with van der Waals surface area (Å²) in [7, 11) is 0. The van der Waals surface area contributed by atoms with Gasteiger partial charge in [-0.25, -0.2) is 0 Å². The Bertz CT molecular complexity index is 779. The first kappa shape index (κ1) is 14.0. The molecule has 0 aliphatic carbocycles. The quantitative estimate of drug-likeness (QED) is 0.481. The number of benzene rings is 2. The highest BCUT2D eigenvalue weighted by atomic mass is 32.2. The summed E-state index contributed by atoms with van der Waals surface area (Å²) in [5.41, 5.74) is 1.01. The lowest BCUT2D eigenvalue weighted by Gasteiger charge is -2.10. The minimum absolute atomic E-state index is 0.0435. The van der Waals surface area contributed by atoms with Crippen LogP contribution in [0.4, 0.5) is 0 Å². The molecule has 1 saturated heterocycles. The molecule has 0 N–H and O–H groups in total. The SMILES string of the molecule is C=CCN1C(=O)C(=Cc2ccc3ccccc3c2)SC1=S. The number of carbonyl (C=O) groups excluding carboxylic acids is 1. The minimum atomic E-state index is -0.0435. The maximum atomic E-state index is 12.3. The smallest absolute Gasteiger partial charge is 0.266 e. The lowest BCUT2D eigenvalue weighted by Crippen LogP contribution is -2.27. The van der Waals surface area contributed by atoms with E-state index in [0.29, 0.717) is 15.8 Å². The Labute approximate surface area is 133 Å². The molecule has 2 aromatic carbocycles. The molecular formula is C17H13NOS2. The summed E-state index contributed by atoms with van der Waals surface area (Å²) in [5.74, 6) is -0.0435. The van der Waals surface area contributed by atoms with Crippen LogP contribution < -0.4 is 0 Å². The second kappa shape index (κ2) is 5.84. The molecule has 3 rings (SSSR count). The Kier molecular flexibility index (Phi) is 3.90. The summed E-state index contributed by atoms with van der Waals surface area (Å²) in [4.78, 5) is 14.5. The van der Waals surface area contributed by atoms with Gasteiger partial charge in [0.15, 0.2) is 0 Å². The number of thiocarbonyl (C=S) groups is 1. The summed E-state index contributed by atoms with van der Waals surface area (Å²) in [6, 6.07) is 14.3. The molecular weight excluding hydrogens is 298 g/mol. The van der Waals surface area contributed by atoms with Crippen LogP contribution in [0.3, 0.4) is 0 Å². The van der Waals surface area contributed by atoms with Crippen LogP contribution in [0.2, 0.25) is 0 Å². The van der Waals surface area contributed by atoms with Crippen LogP contribution in [0.1, 0.15) is 5.56 Å². The van der Waals surface area contributed by atoms with Gasteiger partial charge >= 0.3 is 0 Å². The number of hydrogen-bond acceptors (Lipinski definition) is 3. The third-order valence-electron chi connectivity index (χ3n) is 3.26. The van der Waals surface area contributed by atoms with E-state index >= 15 is 0 Å². The first-order valence-electron chi connectivity index (χ1n) is 6.54. The summed E-state index contributed by atoms with van der Waals surface area (Å²) in [5, 5.41) is 2.35. The van der Waals surface area contributed by atoms with Crippen molar-refractivity contribution in [3.05, 3.63) is 65.6 Å². The zero-order chi connectivity index (χ0) is 14.8. The van der Waals surface area contributed by atoms with Gasteiger partial charge in [-0.15, -0.1) is 6.58 Å².